The second-order valence-electron chi connectivity index (χ2n) is 3.57. The first-order valence-corrected chi connectivity index (χ1v) is 5.81. The van der Waals surface area contributed by atoms with Gasteiger partial charge in [0.1, 0.15) is 4.60 Å². The monoisotopic (exact) mass is 307 g/mol. The van der Waals surface area contributed by atoms with E-state index < -0.39 is 24.7 Å². The lowest BCUT2D eigenvalue weighted by molar-refractivity contribution is -0.143. The fourth-order valence-electron chi connectivity index (χ4n) is 1.25. The van der Waals surface area contributed by atoms with Gasteiger partial charge < -0.3 is 4.74 Å². The minimum atomic E-state index is -2.93. The van der Waals surface area contributed by atoms with E-state index in [0.717, 1.165) is 0 Å². The Morgan fingerprint density at radius 2 is 2.24 bits per heavy atom. The maximum atomic E-state index is 13.4. The van der Waals surface area contributed by atoms with Crippen LogP contribution in [0, 0.1) is 0 Å². The number of esters is 1. The molecule has 17 heavy (non-hydrogen) atoms. The Bertz CT molecular complexity index is 399. The first kappa shape index (κ1) is 14.0. The molecule has 0 atom stereocenters. The number of halogens is 3. The predicted octanol–water partition coefficient (Wildman–Crippen LogP) is 2.98. The summed E-state index contributed by atoms with van der Waals surface area (Å²) in [7, 11) is 0. The minimum Gasteiger partial charge on any atom is -0.466 e. The van der Waals surface area contributed by atoms with Crippen molar-refractivity contribution in [2.75, 3.05) is 6.61 Å². The van der Waals surface area contributed by atoms with Crippen molar-refractivity contribution in [3.8, 4) is 0 Å². The van der Waals surface area contributed by atoms with E-state index in [1.807, 2.05) is 0 Å². The third-order valence-corrected chi connectivity index (χ3v) is 2.43. The molecule has 0 N–H and O–H groups in total. The highest BCUT2D eigenvalue weighted by Gasteiger charge is 2.30. The number of hydrogen-bond acceptors (Lipinski definition) is 3. The SMILES string of the molecule is CC(=O)OCCC(F)(F)Cc1cccc(Br)n1. The van der Waals surface area contributed by atoms with Crippen molar-refractivity contribution in [3.63, 3.8) is 0 Å². The van der Waals surface area contributed by atoms with Crippen LogP contribution in [0.25, 0.3) is 0 Å². The van der Waals surface area contributed by atoms with E-state index >= 15 is 0 Å². The lowest BCUT2D eigenvalue weighted by Crippen LogP contribution is -2.23. The van der Waals surface area contributed by atoms with Gasteiger partial charge in [-0.25, -0.2) is 13.8 Å². The van der Waals surface area contributed by atoms with Crippen LogP contribution in [-0.4, -0.2) is 23.5 Å². The molecule has 0 unspecified atom stereocenters. The van der Waals surface area contributed by atoms with Gasteiger partial charge in [0.25, 0.3) is 5.92 Å². The number of ether oxygens (including phenoxy) is 1. The lowest BCUT2D eigenvalue weighted by Gasteiger charge is -2.15. The molecule has 1 rings (SSSR count). The van der Waals surface area contributed by atoms with E-state index in [-0.39, 0.29) is 6.61 Å². The molecule has 0 bridgehead atoms. The summed E-state index contributed by atoms with van der Waals surface area (Å²) in [5.41, 5.74) is 0.298. The standard InChI is InChI=1S/C11H12BrF2NO2/c1-8(16)17-6-5-11(13,14)7-9-3-2-4-10(12)15-9/h2-4H,5-7H2,1H3. The summed E-state index contributed by atoms with van der Waals surface area (Å²) in [6, 6.07) is 4.85. The highest BCUT2D eigenvalue weighted by atomic mass is 79.9. The van der Waals surface area contributed by atoms with Gasteiger partial charge in [0.05, 0.1) is 13.0 Å². The highest BCUT2D eigenvalue weighted by molar-refractivity contribution is 9.10. The van der Waals surface area contributed by atoms with Gasteiger partial charge in [-0.2, -0.15) is 0 Å². The maximum Gasteiger partial charge on any atom is 0.302 e. The molecule has 6 heteroatoms. The maximum absolute atomic E-state index is 13.4. The van der Waals surface area contributed by atoms with Gasteiger partial charge in [-0.15, -0.1) is 0 Å². The average Bonchev–Trinajstić information content (AvgIpc) is 2.15. The van der Waals surface area contributed by atoms with E-state index in [1.165, 1.54) is 13.0 Å². The summed E-state index contributed by atoms with van der Waals surface area (Å²) < 4.78 is 31.9. The third kappa shape index (κ3) is 5.72. The third-order valence-electron chi connectivity index (χ3n) is 1.99. The Labute approximate surface area is 106 Å². The largest absolute Gasteiger partial charge is 0.466 e. The Hall–Kier alpha value is -1.04. The summed E-state index contributed by atoms with van der Waals surface area (Å²) in [5.74, 6) is -3.48. The van der Waals surface area contributed by atoms with Crippen molar-refractivity contribution in [2.45, 2.75) is 25.7 Å². The predicted molar refractivity (Wildman–Crippen MR) is 61.8 cm³/mol. The Balaban J connectivity index is 2.51. The molecule has 0 amide bonds. The zero-order chi connectivity index (χ0) is 12.9. The molecule has 0 fully saturated rings. The molecule has 0 spiro atoms. The van der Waals surface area contributed by atoms with Crippen LogP contribution in [0.4, 0.5) is 8.78 Å². The lowest BCUT2D eigenvalue weighted by atomic mass is 10.1. The van der Waals surface area contributed by atoms with Gasteiger partial charge in [-0.1, -0.05) is 6.07 Å². The van der Waals surface area contributed by atoms with E-state index in [2.05, 4.69) is 25.7 Å². The Morgan fingerprint density at radius 1 is 1.53 bits per heavy atom. The number of aromatic nitrogens is 1. The molecule has 0 aromatic carbocycles. The molecule has 0 aliphatic carbocycles. The first-order chi connectivity index (χ1) is 7.89. The molecule has 0 aliphatic rings. The normalized spacial score (nSPS) is 11.3. The molecule has 0 saturated carbocycles. The van der Waals surface area contributed by atoms with Gasteiger partial charge >= 0.3 is 5.97 Å². The van der Waals surface area contributed by atoms with Gasteiger partial charge in [-0.05, 0) is 28.1 Å². The zero-order valence-corrected chi connectivity index (χ0v) is 10.8. The van der Waals surface area contributed by atoms with E-state index in [4.69, 9.17) is 0 Å². The van der Waals surface area contributed by atoms with Crippen LogP contribution in [0.1, 0.15) is 19.0 Å². The molecule has 1 heterocycles. The molecule has 1 aromatic rings. The zero-order valence-electron chi connectivity index (χ0n) is 9.25. The summed E-state index contributed by atoms with van der Waals surface area (Å²) in [6.45, 7) is 0.907. The second-order valence-corrected chi connectivity index (χ2v) is 4.39. The Morgan fingerprint density at radius 3 is 2.82 bits per heavy atom. The topological polar surface area (TPSA) is 39.2 Å². The smallest absolute Gasteiger partial charge is 0.302 e. The van der Waals surface area contributed by atoms with Gasteiger partial charge in [-0.3, -0.25) is 4.79 Å². The Kier molecular flexibility index (Phi) is 4.99. The molecule has 0 aliphatic heterocycles. The molecule has 94 valence electrons. The van der Waals surface area contributed by atoms with Crippen LogP contribution >= 0.6 is 15.9 Å². The van der Waals surface area contributed by atoms with Crippen molar-refractivity contribution in [2.24, 2.45) is 0 Å². The van der Waals surface area contributed by atoms with Gasteiger partial charge in [0, 0.05) is 19.0 Å². The molecular weight excluding hydrogens is 296 g/mol. The quantitative estimate of drug-likeness (QED) is 0.620. The molecule has 1 aromatic heterocycles. The fraction of sp³-hybridized carbons (Fsp3) is 0.455. The fourth-order valence-corrected chi connectivity index (χ4v) is 1.63. The first-order valence-electron chi connectivity index (χ1n) is 5.02. The number of alkyl halides is 2. The number of nitrogens with zero attached hydrogens (tertiary/aromatic N) is 1. The highest BCUT2D eigenvalue weighted by Crippen LogP contribution is 2.23. The van der Waals surface area contributed by atoms with Crippen LogP contribution in [0.3, 0.4) is 0 Å². The van der Waals surface area contributed by atoms with Gasteiger partial charge in [0.2, 0.25) is 0 Å². The number of carbonyl (C=O) groups excluding carboxylic acids is 1. The van der Waals surface area contributed by atoms with Crippen LogP contribution in [-0.2, 0) is 16.0 Å². The number of pyridine rings is 1. The number of carbonyl (C=O) groups is 1. The molecular formula is C11H12BrF2NO2. The average molecular weight is 308 g/mol. The number of rotatable bonds is 5. The molecule has 0 saturated heterocycles. The minimum absolute atomic E-state index is 0.281. The van der Waals surface area contributed by atoms with E-state index in [0.29, 0.717) is 10.3 Å². The molecule has 0 radical (unpaired) electrons. The summed E-state index contributed by atoms with van der Waals surface area (Å²) in [5, 5.41) is 0. The summed E-state index contributed by atoms with van der Waals surface area (Å²) in [4.78, 5) is 14.4. The second kappa shape index (κ2) is 6.05. The van der Waals surface area contributed by atoms with Crippen molar-refractivity contribution in [1.29, 1.82) is 0 Å². The van der Waals surface area contributed by atoms with Crippen LogP contribution in [0.2, 0.25) is 0 Å². The van der Waals surface area contributed by atoms with Crippen LogP contribution < -0.4 is 0 Å². The van der Waals surface area contributed by atoms with Crippen molar-refractivity contribution in [1.82, 2.24) is 4.98 Å². The van der Waals surface area contributed by atoms with E-state index in [9.17, 15) is 13.6 Å². The summed E-state index contributed by atoms with van der Waals surface area (Å²) in [6.07, 6.45) is -0.964. The van der Waals surface area contributed by atoms with Crippen LogP contribution in [0.15, 0.2) is 22.8 Å². The van der Waals surface area contributed by atoms with Gasteiger partial charge in [0.15, 0.2) is 0 Å². The van der Waals surface area contributed by atoms with Crippen molar-refractivity contribution >= 4 is 21.9 Å². The number of hydrogen-bond donors (Lipinski definition) is 0. The molecule has 3 nitrogen and oxygen atoms in total. The van der Waals surface area contributed by atoms with Crippen molar-refractivity contribution in [3.05, 3.63) is 28.5 Å². The van der Waals surface area contributed by atoms with Crippen molar-refractivity contribution < 1.29 is 18.3 Å². The van der Waals surface area contributed by atoms with E-state index in [1.54, 1.807) is 12.1 Å². The summed E-state index contributed by atoms with van der Waals surface area (Å²) >= 11 is 3.12. The van der Waals surface area contributed by atoms with Crippen LogP contribution in [0.5, 0.6) is 0 Å².